The van der Waals surface area contributed by atoms with Crippen LogP contribution in [0.4, 0.5) is 0 Å². The van der Waals surface area contributed by atoms with Gasteiger partial charge in [-0.15, -0.1) is 0 Å². The minimum absolute atomic E-state index is 0.0919. The third-order valence-corrected chi connectivity index (χ3v) is 6.55. The van der Waals surface area contributed by atoms with Crippen LogP contribution in [0.1, 0.15) is 57.2 Å². The standard InChI is InChI=1S/C19H30N2O4S/c1-3-14-7-10-16(11-8-14)25-13-18-17(20-26(2,23)24)12-9-15-5-4-6-19(22)21(15)18/h4-6,14,16-18,20H,3,7-13H2,1-2H3/t14?,16?,17-,18-/m0/s1. The summed E-state index contributed by atoms with van der Waals surface area (Å²) in [6, 6.07) is 4.63. The fourth-order valence-corrected chi connectivity index (χ4v) is 5.17. The van der Waals surface area contributed by atoms with Crippen LogP contribution in [0.15, 0.2) is 23.0 Å². The number of aryl methyl sites for hydroxylation is 1. The van der Waals surface area contributed by atoms with E-state index in [1.54, 1.807) is 10.6 Å². The van der Waals surface area contributed by atoms with Gasteiger partial charge in [0.1, 0.15) is 0 Å². The lowest BCUT2D eigenvalue weighted by molar-refractivity contribution is -0.00690. The van der Waals surface area contributed by atoms with Crippen molar-refractivity contribution in [3.63, 3.8) is 0 Å². The normalized spacial score (nSPS) is 29.3. The number of nitrogens with zero attached hydrogens (tertiary/aromatic N) is 1. The summed E-state index contributed by atoms with van der Waals surface area (Å²) in [5, 5.41) is 0. The maximum absolute atomic E-state index is 12.4. The molecule has 1 N–H and O–H groups in total. The summed E-state index contributed by atoms with van der Waals surface area (Å²) in [4.78, 5) is 12.4. The van der Waals surface area contributed by atoms with E-state index >= 15 is 0 Å². The zero-order valence-electron chi connectivity index (χ0n) is 15.7. The van der Waals surface area contributed by atoms with Gasteiger partial charge in [-0.2, -0.15) is 0 Å². The average molecular weight is 383 g/mol. The number of hydrogen-bond acceptors (Lipinski definition) is 4. The monoisotopic (exact) mass is 382 g/mol. The van der Waals surface area contributed by atoms with E-state index in [0.717, 1.165) is 24.5 Å². The first-order valence-corrected chi connectivity index (χ1v) is 11.6. The van der Waals surface area contributed by atoms with E-state index in [1.165, 1.54) is 31.6 Å². The molecule has 2 aliphatic rings. The molecular weight excluding hydrogens is 352 g/mol. The number of sulfonamides is 1. The molecule has 1 aromatic heterocycles. The highest BCUT2D eigenvalue weighted by Gasteiger charge is 2.33. The van der Waals surface area contributed by atoms with Crippen molar-refractivity contribution in [2.45, 2.75) is 70.1 Å². The molecule has 0 amide bonds. The summed E-state index contributed by atoms with van der Waals surface area (Å²) in [6.45, 7) is 2.60. The predicted molar refractivity (Wildman–Crippen MR) is 102 cm³/mol. The molecule has 146 valence electrons. The Labute approximate surface area is 156 Å². The molecular formula is C19H30N2O4S. The summed E-state index contributed by atoms with van der Waals surface area (Å²) >= 11 is 0. The largest absolute Gasteiger partial charge is 0.376 e. The lowest BCUT2D eigenvalue weighted by Crippen LogP contribution is -2.49. The van der Waals surface area contributed by atoms with Crippen molar-refractivity contribution in [1.29, 1.82) is 0 Å². The Balaban J connectivity index is 1.75. The summed E-state index contributed by atoms with van der Waals surface area (Å²) in [6.07, 6.45) is 8.42. The fraction of sp³-hybridized carbons (Fsp3) is 0.737. The van der Waals surface area contributed by atoms with Gasteiger partial charge in [0.05, 0.1) is 25.0 Å². The van der Waals surface area contributed by atoms with Crippen LogP contribution in [-0.4, -0.2) is 38.0 Å². The van der Waals surface area contributed by atoms with Gasteiger partial charge in [-0.3, -0.25) is 4.79 Å². The molecule has 1 saturated carbocycles. The minimum atomic E-state index is -3.35. The average Bonchev–Trinajstić information content (AvgIpc) is 2.60. The maximum Gasteiger partial charge on any atom is 0.251 e. The van der Waals surface area contributed by atoms with Crippen molar-refractivity contribution < 1.29 is 13.2 Å². The van der Waals surface area contributed by atoms with Crippen molar-refractivity contribution in [1.82, 2.24) is 9.29 Å². The van der Waals surface area contributed by atoms with E-state index in [4.69, 9.17) is 4.74 Å². The SMILES string of the molecule is CCC1CCC(OC[C@H]2[C@@H](NS(C)(=O)=O)CCc3cccc(=O)n32)CC1. The molecule has 1 aromatic rings. The van der Waals surface area contributed by atoms with E-state index in [0.29, 0.717) is 19.4 Å². The molecule has 0 unspecified atom stereocenters. The molecule has 2 heterocycles. The molecule has 0 spiro atoms. The first-order chi connectivity index (χ1) is 12.4. The second-order valence-corrected chi connectivity index (χ2v) is 9.49. The Morgan fingerprint density at radius 1 is 1.19 bits per heavy atom. The van der Waals surface area contributed by atoms with Crippen LogP contribution < -0.4 is 10.3 Å². The van der Waals surface area contributed by atoms with Gasteiger partial charge < -0.3 is 9.30 Å². The third-order valence-electron chi connectivity index (χ3n) is 5.82. The van der Waals surface area contributed by atoms with Gasteiger partial charge in [-0.1, -0.05) is 19.4 Å². The van der Waals surface area contributed by atoms with Crippen molar-refractivity contribution in [3.8, 4) is 0 Å². The molecule has 26 heavy (non-hydrogen) atoms. The van der Waals surface area contributed by atoms with E-state index < -0.39 is 10.0 Å². The van der Waals surface area contributed by atoms with Crippen LogP contribution in [0.3, 0.4) is 0 Å². The lowest BCUT2D eigenvalue weighted by atomic mass is 9.86. The summed E-state index contributed by atoms with van der Waals surface area (Å²) in [7, 11) is -3.35. The second-order valence-electron chi connectivity index (χ2n) is 7.71. The lowest BCUT2D eigenvalue weighted by Gasteiger charge is -2.36. The first-order valence-electron chi connectivity index (χ1n) is 9.66. The molecule has 3 rings (SSSR count). The van der Waals surface area contributed by atoms with Gasteiger partial charge in [0.25, 0.3) is 5.56 Å². The number of aromatic nitrogens is 1. The molecule has 0 bridgehead atoms. The van der Waals surface area contributed by atoms with Gasteiger partial charge in [0.2, 0.25) is 10.0 Å². The minimum Gasteiger partial charge on any atom is -0.376 e. The number of fused-ring (bicyclic) bond motifs is 1. The van der Waals surface area contributed by atoms with E-state index in [9.17, 15) is 13.2 Å². The first kappa shape index (κ1) is 19.6. The van der Waals surface area contributed by atoms with Gasteiger partial charge in [-0.25, -0.2) is 13.1 Å². The van der Waals surface area contributed by atoms with Crippen molar-refractivity contribution >= 4 is 10.0 Å². The molecule has 0 saturated heterocycles. The van der Waals surface area contributed by atoms with Crippen LogP contribution in [-0.2, 0) is 21.2 Å². The second kappa shape index (κ2) is 8.23. The van der Waals surface area contributed by atoms with E-state index in [1.807, 2.05) is 6.07 Å². The van der Waals surface area contributed by atoms with Crippen LogP contribution in [0.5, 0.6) is 0 Å². The summed E-state index contributed by atoms with van der Waals surface area (Å²) < 4.78 is 34.2. The van der Waals surface area contributed by atoms with Gasteiger partial charge in [0.15, 0.2) is 0 Å². The van der Waals surface area contributed by atoms with Gasteiger partial charge in [-0.05, 0) is 50.5 Å². The molecule has 2 atom stereocenters. The number of hydrogen-bond donors (Lipinski definition) is 1. The highest BCUT2D eigenvalue weighted by molar-refractivity contribution is 7.88. The zero-order chi connectivity index (χ0) is 18.7. The molecule has 1 aliphatic carbocycles. The molecule has 1 fully saturated rings. The van der Waals surface area contributed by atoms with Crippen LogP contribution in [0, 0.1) is 5.92 Å². The third kappa shape index (κ3) is 4.75. The highest BCUT2D eigenvalue weighted by Crippen LogP contribution is 2.30. The van der Waals surface area contributed by atoms with Crippen LogP contribution in [0.25, 0.3) is 0 Å². The van der Waals surface area contributed by atoms with Crippen LogP contribution >= 0.6 is 0 Å². The summed E-state index contributed by atoms with van der Waals surface area (Å²) in [5.74, 6) is 0.799. The topological polar surface area (TPSA) is 77.4 Å². The Morgan fingerprint density at radius 2 is 1.92 bits per heavy atom. The molecule has 1 aliphatic heterocycles. The highest BCUT2D eigenvalue weighted by atomic mass is 32.2. The van der Waals surface area contributed by atoms with E-state index in [-0.39, 0.29) is 23.7 Å². The quantitative estimate of drug-likeness (QED) is 0.818. The summed E-state index contributed by atoms with van der Waals surface area (Å²) in [5.41, 5.74) is 0.859. The number of nitrogens with one attached hydrogen (secondary N) is 1. The number of pyridine rings is 1. The van der Waals surface area contributed by atoms with Crippen molar-refractivity contribution in [2.24, 2.45) is 5.92 Å². The Morgan fingerprint density at radius 3 is 2.58 bits per heavy atom. The molecule has 0 aromatic carbocycles. The van der Waals surface area contributed by atoms with E-state index in [2.05, 4.69) is 11.6 Å². The van der Waals surface area contributed by atoms with Gasteiger partial charge in [0, 0.05) is 17.8 Å². The Kier molecular flexibility index (Phi) is 6.20. The maximum atomic E-state index is 12.4. The number of rotatable bonds is 6. The predicted octanol–water partition coefficient (Wildman–Crippen LogP) is 2.24. The molecule has 7 heteroatoms. The molecule has 0 radical (unpaired) electrons. The number of ether oxygens (including phenoxy) is 1. The van der Waals surface area contributed by atoms with Crippen molar-refractivity contribution in [3.05, 3.63) is 34.2 Å². The zero-order valence-corrected chi connectivity index (χ0v) is 16.5. The van der Waals surface area contributed by atoms with Gasteiger partial charge >= 0.3 is 0 Å². The smallest absolute Gasteiger partial charge is 0.251 e. The van der Waals surface area contributed by atoms with Crippen molar-refractivity contribution in [2.75, 3.05) is 12.9 Å². The Bertz CT molecular complexity index is 766. The van der Waals surface area contributed by atoms with Crippen LogP contribution in [0.2, 0.25) is 0 Å². The Hall–Kier alpha value is -1.18. The fourth-order valence-electron chi connectivity index (χ4n) is 4.34. The molecule has 6 nitrogen and oxygen atoms in total.